The summed E-state index contributed by atoms with van der Waals surface area (Å²) in [7, 11) is -3.09. The molecule has 0 aliphatic carbocycles. The zero-order valence-corrected chi connectivity index (χ0v) is 15.1. The van der Waals surface area contributed by atoms with Crippen molar-refractivity contribution in [2.45, 2.75) is 49.2 Å². The Kier molecular flexibility index (Phi) is 5.10. The number of nitrogens with zero attached hydrogens (tertiary/aromatic N) is 1. The van der Waals surface area contributed by atoms with Crippen molar-refractivity contribution in [2.24, 2.45) is 5.92 Å². The number of hydrogen-bond acceptors (Lipinski definition) is 5. The fourth-order valence-corrected chi connectivity index (χ4v) is 6.56. The maximum Gasteiger partial charge on any atom is 0.216 e. The second kappa shape index (κ2) is 6.59. The smallest absolute Gasteiger partial charge is 0.216 e. The molecule has 3 saturated heterocycles. The zero-order valence-electron chi connectivity index (χ0n) is 13.5. The predicted molar refractivity (Wildman–Crippen MR) is 88.7 cm³/mol. The molecule has 0 saturated carbocycles. The van der Waals surface area contributed by atoms with Crippen LogP contribution in [-0.4, -0.2) is 67.5 Å². The molecule has 1 spiro atoms. The van der Waals surface area contributed by atoms with Gasteiger partial charge >= 0.3 is 0 Å². The van der Waals surface area contributed by atoms with Gasteiger partial charge in [-0.05, 0) is 39.0 Å². The molecule has 0 amide bonds. The summed E-state index contributed by atoms with van der Waals surface area (Å²) >= 11 is 1.90. The van der Waals surface area contributed by atoms with E-state index in [-0.39, 0.29) is 16.1 Å². The first-order valence-corrected chi connectivity index (χ1v) is 10.7. The van der Waals surface area contributed by atoms with E-state index >= 15 is 0 Å². The lowest BCUT2D eigenvalue weighted by molar-refractivity contribution is -0.00925. The van der Waals surface area contributed by atoms with Crippen molar-refractivity contribution in [1.29, 1.82) is 0 Å². The quantitative estimate of drug-likeness (QED) is 0.756. The van der Waals surface area contributed by atoms with Crippen LogP contribution in [0.15, 0.2) is 0 Å². The van der Waals surface area contributed by atoms with Crippen LogP contribution < -0.4 is 0 Å². The normalized spacial score (nSPS) is 30.0. The zero-order chi connectivity index (χ0) is 15.8. The van der Waals surface area contributed by atoms with Crippen LogP contribution in [0, 0.1) is 5.92 Å². The minimum absolute atomic E-state index is 0.113. The first-order chi connectivity index (χ1) is 10.4. The summed E-state index contributed by atoms with van der Waals surface area (Å²) in [5, 5.41) is -0.322. The highest BCUT2D eigenvalue weighted by molar-refractivity contribution is 8.01. The molecule has 128 valence electrons. The molecule has 0 aromatic heterocycles. The third-order valence-corrected chi connectivity index (χ3v) is 8.71. The van der Waals surface area contributed by atoms with Gasteiger partial charge in [0.1, 0.15) is 0 Å². The van der Waals surface area contributed by atoms with Gasteiger partial charge in [0.15, 0.2) is 0 Å². The largest absolute Gasteiger partial charge is 0.381 e. The Morgan fingerprint density at radius 3 is 2.64 bits per heavy atom. The van der Waals surface area contributed by atoms with E-state index in [0.29, 0.717) is 19.0 Å². The van der Waals surface area contributed by atoms with E-state index < -0.39 is 10.0 Å². The number of hydrogen-bond donors (Lipinski definition) is 0. The van der Waals surface area contributed by atoms with Gasteiger partial charge in [0.2, 0.25) is 10.0 Å². The van der Waals surface area contributed by atoms with Gasteiger partial charge in [-0.15, -0.1) is 11.8 Å². The molecule has 0 bridgehead atoms. The van der Waals surface area contributed by atoms with Gasteiger partial charge in [-0.1, -0.05) is 0 Å². The average Bonchev–Trinajstić information content (AvgIpc) is 2.89. The molecule has 22 heavy (non-hydrogen) atoms. The molecule has 0 aromatic carbocycles. The van der Waals surface area contributed by atoms with E-state index in [9.17, 15) is 8.42 Å². The summed E-state index contributed by atoms with van der Waals surface area (Å²) in [6.45, 7) is 7.38. The fourth-order valence-electron chi connectivity index (χ4n) is 3.39. The van der Waals surface area contributed by atoms with Gasteiger partial charge in [0, 0.05) is 43.4 Å². The summed E-state index contributed by atoms with van der Waals surface area (Å²) in [4.78, 5) is 0. The SMILES string of the molecule is CC(C)S(=O)(=O)N1CC2(C[C@H](OCC3CCOCC3)CS2)C1. The Balaban J connectivity index is 1.43. The maximum atomic E-state index is 12.1. The number of thioether (sulfide) groups is 1. The van der Waals surface area contributed by atoms with Crippen LogP contribution in [0.4, 0.5) is 0 Å². The number of rotatable bonds is 5. The van der Waals surface area contributed by atoms with Gasteiger partial charge in [-0.25, -0.2) is 8.42 Å². The monoisotopic (exact) mass is 349 g/mol. The van der Waals surface area contributed by atoms with Crippen molar-refractivity contribution >= 4 is 21.8 Å². The van der Waals surface area contributed by atoms with Crippen molar-refractivity contribution in [3.8, 4) is 0 Å². The van der Waals surface area contributed by atoms with Crippen LogP contribution in [0.2, 0.25) is 0 Å². The molecule has 3 rings (SSSR count). The van der Waals surface area contributed by atoms with E-state index in [2.05, 4.69) is 0 Å². The molecule has 0 unspecified atom stereocenters. The van der Waals surface area contributed by atoms with Crippen LogP contribution in [0.5, 0.6) is 0 Å². The molecule has 1 atom stereocenters. The first-order valence-electron chi connectivity index (χ1n) is 8.24. The molecule has 0 aromatic rings. The first kappa shape index (κ1) is 17.0. The lowest BCUT2D eigenvalue weighted by Crippen LogP contribution is -2.61. The summed E-state index contributed by atoms with van der Waals surface area (Å²) in [5.41, 5.74) is 0. The Labute approximate surface area is 138 Å². The van der Waals surface area contributed by atoms with Crippen molar-refractivity contribution in [1.82, 2.24) is 4.31 Å². The van der Waals surface area contributed by atoms with Gasteiger partial charge in [0.25, 0.3) is 0 Å². The molecule has 7 heteroatoms. The lowest BCUT2D eigenvalue weighted by atomic mass is 9.95. The fraction of sp³-hybridized carbons (Fsp3) is 1.00. The van der Waals surface area contributed by atoms with Gasteiger partial charge in [-0.2, -0.15) is 4.31 Å². The van der Waals surface area contributed by atoms with Crippen LogP contribution in [-0.2, 0) is 19.5 Å². The number of sulfonamides is 1. The van der Waals surface area contributed by atoms with Crippen LogP contribution >= 0.6 is 11.8 Å². The van der Waals surface area contributed by atoms with E-state index in [1.807, 2.05) is 11.8 Å². The summed E-state index contributed by atoms with van der Waals surface area (Å²) in [5.74, 6) is 1.63. The molecule has 0 radical (unpaired) electrons. The van der Waals surface area contributed by atoms with Crippen molar-refractivity contribution in [3.05, 3.63) is 0 Å². The molecule has 5 nitrogen and oxygen atoms in total. The van der Waals surface area contributed by atoms with E-state index in [1.165, 1.54) is 0 Å². The highest BCUT2D eigenvalue weighted by Crippen LogP contribution is 2.47. The summed E-state index contributed by atoms with van der Waals surface area (Å²) < 4.78 is 37.5. The van der Waals surface area contributed by atoms with Gasteiger partial charge < -0.3 is 9.47 Å². The van der Waals surface area contributed by atoms with E-state index in [0.717, 1.165) is 44.8 Å². The van der Waals surface area contributed by atoms with Gasteiger partial charge in [0.05, 0.1) is 11.4 Å². The minimum atomic E-state index is -3.09. The van der Waals surface area contributed by atoms with Crippen molar-refractivity contribution in [2.75, 3.05) is 38.7 Å². The standard InChI is InChI=1S/C15H27NO4S2/c1-12(2)22(17,18)16-10-15(11-16)7-14(9-21-15)20-8-13-3-5-19-6-4-13/h12-14H,3-11H2,1-2H3/t14-/m0/s1. The number of ether oxygens (including phenoxy) is 2. The van der Waals surface area contributed by atoms with Crippen LogP contribution in [0.25, 0.3) is 0 Å². The Bertz CT molecular complexity index is 482. The molecule has 0 N–H and O–H groups in total. The topological polar surface area (TPSA) is 55.8 Å². The van der Waals surface area contributed by atoms with E-state index in [1.54, 1.807) is 18.2 Å². The molecule has 3 aliphatic rings. The maximum absolute atomic E-state index is 12.1. The Morgan fingerprint density at radius 1 is 1.32 bits per heavy atom. The minimum Gasteiger partial charge on any atom is -0.381 e. The second-order valence-electron chi connectivity index (χ2n) is 7.07. The van der Waals surface area contributed by atoms with Crippen molar-refractivity contribution < 1.29 is 17.9 Å². The molecule has 3 heterocycles. The Hall–Kier alpha value is 0.180. The molecular weight excluding hydrogens is 322 g/mol. The van der Waals surface area contributed by atoms with E-state index in [4.69, 9.17) is 9.47 Å². The third kappa shape index (κ3) is 3.48. The molecule has 3 aliphatic heterocycles. The predicted octanol–water partition coefficient (Wildman–Crippen LogP) is 1.73. The molecule has 3 fully saturated rings. The highest BCUT2D eigenvalue weighted by atomic mass is 32.2. The molecular formula is C15H27NO4S2. The highest BCUT2D eigenvalue weighted by Gasteiger charge is 2.53. The van der Waals surface area contributed by atoms with Gasteiger partial charge in [-0.3, -0.25) is 0 Å². The third-order valence-electron chi connectivity index (χ3n) is 4.97. The van der Waals surface area contributed by atoms with Crippen molar-refractivity contribution in [3.63, 3.8) is 0 Å². The Morgan fingerprint density at radius 2 is 2.00 bits per heavy atom. The van der Waals surface area contributed by atoms with Crippen LogP contribution in [0.1, 0.15) is 33.1 Å². The summed E-state index contributed by atoms with van der Waals surface area (Å²) in [6.07, 6.45) is 3.48. The second-order valence-corrected chi connectivity index (χ2v) is 11.0. The summed E-state index contributed by atoms with van der Waals surface area (Å²) in [6, 6.07) is 0. The van der Waals surface area contributed by atoms with Crippen LogP contribution in [0.3, 0.4) is 0 Å². The average molecular weight is 350 g/mol. The lowest BCUT2D eigenvalue weighted by Gasteiger charge is -2.47.